The standard InChI is InChI=1S/C24H29FO/c1-3-5-16-26-24-15-14-22(17-23(24)25)21-12-10-20(11-13-21)19-8-6-18(4-2)7-9-19/h4,10-15,17-19H,2-3,5-9,16H2,1H3. The van der Waals surface area contributed by atoms with Crippen LogP contribution < -0.4 is 4.74 Å². The minimum atomic E-state index is -0.287. The van der Waals surface area contributed by atoms with Crippen molar-refractivity contribution < 1.29 is 9.13 Å². The van der Waals surface area contributed by atoms with Gasteiger partial charge in [0.15, 0.2) is 11.6 Å². The van der Waals surface area contributed by atoms with Gasteiger partial charge >= 0.3 is 0 Å². The average molecular weight is 352 g/mol. The highest BCUT2D eigenvalue weighted by Gasteiger charge is 2.20. The van der Waals surface area contributed by atoms with Crippen LogP contribution >= 0.6 is 0 Å². The molecule has 138 valence electrons. The SMILES string of the molecule is C=CC1CCC(c2ccc(-c3ccc(OCCCC)c(F)c3)cc2)CC1. The molecule has 0 saturated heterocycles. The van der Waals surface area contributed by atoms with Gasteiger partial charge in [0.05, 0.1) is 6.61 Å². The first-order chi connectivity index (χ1) is 12.7. The van der Waals surface area contributed by atoms with Crippen molar-refractivity contribution in [2.75, 3.05) is 6.61 Å². The van der Waals surface area contributed by atoms with E-state index in [-0.39, 0.29) is 5.82 Å². The summed E-state index contributed by atoms with van der Waals surface area (Å²) in [4.78, 5) is 0. The molecule has 1 saturated carbocycles. The van der Waals surface area contributed by atoms with E-state index >= 15 is 0 Å². The lowest BCUT2D eigenvalue weighted by atomic mass is 9.78. The third-order valence-corrected chi connectivity index (χ3v) is 5.51. The van der Waals surface area contributed by atoms with E-state index in [1.807, 2.05) is 6.07 Å². The number of rotatable bonds is 7. The molecule has 26 heavy (non-hydrogen) atoms. The van der Waals surface area contributed by atoms with Gasteiger partial charge in [0, 0.05) is 0 Å². The molecule has 0 heterocycles. The molecule has 3 rings (SSSR count). The van der Waals surface area contributed by atoms with Crippen LogP contribution in [0.3, 0.4) is 0 Å². The first kappa shape index (κ1) is 18.7. The van der Waals surface area contributed by atoms with Crippen molar-refractivity contribution in [3.63, 3.8) is 0 Å². The summed E-state index contributed by atoms with van der Waals surface area (Å²) in [6.07, 6.45) is 9.02. The Hall–Kier alpha value is -2.09. The van der Waals surface area contributed by atoms with E-state index in [1.54, 1.807) is 12.1 Å². The number of benzene rings is 2. The van der Waals surface area contributed by atoms with Gasteiger partial charge in [0.1, 0.15) is 0 Å². The van der Waals surface area contributed by atoms with Crippen LogP contribution in [0.4, 0.5) is 4.39 Å². The molecule has 0 unspecified atom stereocenters. The van der Waals surface area contributed by atoms with Gasteiger partial charge in [-0.05, 0) is 72.8 Å². The molecular weight excluding hydrogens is 323 g/mol. The van der Waals surface area contributed by atoms with Gasteiger partial charge in [0.25, 0.3) is 0 Å². The van der Waals surface area contributed by atoms with Crippen LogP contribution in [-0.4, -0.2) is 6.61 Å². The van der Waals surface area contributed by atoms with E-state index in [9.17, 15) is 4.39 Å². The molecule has 0 N–H and O–H groups in total. The summed E-state index contributed by atoms with van der Waals surface area (Å²) < 4.78 is 19.8. The molecule has 0 radical (unpaired) electrons. The Balaban J connectivity index is 1.66. The number of ether oxygens (including phenoxy) is 1. The summed E-state index contributed by atoms with van der Waals surface area (Å²) >= 11 is 0. The summed E-state index contributed by atoms with van der Waals surface area (Å²) in [5.74, 6) is 1.39. The maximum Gasteiger partial charge on any atom is 0.165 e. The van der Waals surface area contributed by atoms with Gasteiger partial charge in [-0.2, -0.15) is 0 Å². The molecule has 0 spiro atoms. The van der Waals surface area contributed by atoms with E-state index < -0.39 is 0 Å². The third-order valence-electron chi connectivity index (χ3n) is 5.51. The van der Waals surface area contributed by atoms with Crippen molar-refractivity contribution in [2.24, 2.45) is 5.92 Å². The fraction of sp³-hybridized carbons (Fsp3) is 0.417. The summed E-state index contributed by atoms with van der Waals surface area (Å²) in [6, 6.07) is 13.9. The maximum absolute atomic E-state index is 14.3. The second-order valence-corrected chi connectivity index (χ2v) is 7.32. The normalized spacial score (nSPS) is 19.9. The molecule has 2 aromatic rings. The highest BCUT2D eigenvalue weighted by molar-refractivity contribution is 5.64. The fourth-order valence-corrected chi connectivity index (χ4v) is 3.76. The molecular formula is C24H29FO. The molecule has 1 fully saturated rings. The third kappa shape index (κ3) is 4.55. The van der Waals surface area contributed by atoms with E-state index in [0.29, 0.717) is 24.2 Å². The smallest absolute Gasteiger partial charge is 0.165 e. The lowest BCUT2D eigenvalue weighted by Crippen LogP contribution is -2.11. The van der Waals surface area contributed by atoms with Gasteiger partial charge < -0.3 is 4.74 Å². The molecule has 0 aromatic heterocycles. The van der Waals surface area contributed by atoms with Crippen LogP contribution in [-0.2, 0) is 0 Å². The zero-order valence-corrected chi connectivity index (χ0v) is 15.7. The Morgan fingerprint density at radius 1 is 1.04 bits per heavy atom. The Morgan fingerprint density at radius 2 is 1.73 bits per heavy atom. The topological polar surface area (TPSA) is 9.23 Å². The number of hydrogen-bond donors (Lipinski definition) is 0. The Bertz CT molecular complexity index is 711. The first-order valence-corrected chi connectivity index (χ1v) is 9.86. The predicted octanol–water partition coefficient (Wildman–Crippen LogP) is 7.13. The minimum absolute atomic E-state index is 0.287. The van der Waals surface area contributed by atoms with Gasteiger partial charge in [0.2, 0.25) is 0 Å². The number of halogens is 1. The highest BCUT2D eigenvalue weighted by Crippen LogP contribution is 2.37. The van der Waals surface area contributed by atoms with E-state index in [0.717, 1.165) is 24.0 Å². The highest BCUT2D eigenvalue weighted by atomic mass is 19.1. The fourth-order valence-electron chi connectivity index (χ4n) is 3.76. The van der Waals surface area contributed by atoms with Crippen LogP contribution in [0.5, 0.6) is 5.75 Å². The van der Waals surface area contributed by atoms with Crippen LogP contribution in [0.1, 0.15) is 56.9 Å². The Kier molecular flexibility index (Phi) is 6.49. The molecule has 0 amide bonds. The van der Waals surface area contributed by atoms with Crippen LogP contribution in [0.2, 0.25) is 0 Å². The number of allylic oxidation sites excluding steroid dienone is 1. The zero-order chi connectivity index (χ0) is 18.4. The first-order valence-electron chi connectivity index (χ1n) is 9.86. The van der Waals surface area contributed by atoms with Crippen molar-refractivity contribution in [3.8, 4) is 16.9 Å². The van der Waals surface area contributed by atoms with Crippen LogP contribution in [0.25, 0.3) is 11.1 Å². The summed E-state index contributed by atoms with van der Waals surface area (Å²) in [5.41, 5.74) is 3.34. The van der Waals surface area contributed by atoms with Gasteiger partial charge in [-0.15, -0.1) is 6.58 Å². The molecule has 1 aliphatic rings. The van der Waals surface area contributed by atoms with E-state index in [2.05, 4.69) is 43.8 Å². The number of unbranched alkanes of at least 4 members (excludes halogenated alkanes) is 1. The monoisotopic (exact) mass is 352 g/mol. The number of hydrogen-bond acceptors (Lipinski definition) is 1. The largest absolute Gasteiger partial charge is 0.491 e. The van der Waals surface area contributed by atoms with Gasteiger partial charge in [-0.3, -0.25) is 0 Å². The van der Waals surface area contributed by atoms with Crippen molar-refractivity contribution in [1.82, 2.24) is 0 Å². The molecule has 1 nitrogen and oxygen atoms in total. The van der Waals surface area contributed by atoms with Crippen LogP contribution in [0.15, 0.2) is 55.1 Å². The summed E-state index contributed by atoms with van der Waals surface area (Å²) in [6.45, 7) is 6.58. The lowest BCUT2D eigenvalue weighted by molar-refractivity contribution is 0.294. The molecule has 2 aromatic carbocycles. The summed E-state index contributed by atoms with van der Waals surface area (Å²) in [7, 11) is 0. The Labute approximate surface area is 156 Å². The van der Waals surface area contributed by atoms with Crippen molar-refractivity contribution in [3.05, 3.63) is 66.5 Å². The van der Waals surface area contributed by atoms with Gasteiger partial charge in [-0.1, -0.05) is 49.8 Å². The predicted molar refractivity (Wildman–Crippen MR) is 107 cm³/mol. The summed E-state index contributed by atoms with van der Waals surface area (Å²) in [5, 5.41) is 0. The second-order valence-electron chi connectivity index (χ2n) is 7.32. The quantitative estimate of drug-likeness (QED) is 0.380. The van der Waals surface area contributed by atoms with Crippen molar-refractivity contribution in [1.29, 1.82) is 0 Å². The molecule has 0 aliphatic heterocycles. The maximum atomic E-state index is 14.3. The molecule has 0 bridgehead atoms. The van der Waals surface area contributed by atoms with Crippen molar-refractivity contribution in [2.45, 2.75) is 51.4 Å². The Morgan fingerprint density at radius 3 is 2.35 bits per heavy atom. The molecule has 1 aliphatic carbocycles. The van der Waals surface area contributed by atoms with Gasteiger partial charge in [-0.25, -0.2) is 4.39 Å². The lowest BCUT2D eigenvalue weighted by Gasteiger charge is -2.27. The van der Waals surface area contributed by atoms with Crippen molar-refractivity contribution >= 4 is 0 Å². The molecule has 2 heteroatoms. The van der Waals surface area contributed by atoms with Crippen LogP contribution in [0, 0.1) is 11.7 Å². The van der Waals surface area contributed by atoms with E-state index in [4.69, 9.17) is 4.74 Å². The van der Waals surface area contributed by atoms with E-state index in [1.165, 1.54) is 31.2 Å². The minimum Gasteiger partial charge on any atom is -0.491 e. The molecule has 0 atom stereocenters. The average Bonchev–Trinajstić information content (AvgIpc) is 2.69. The second kappa shape index (κ2) is 9.02. The zero-order valence-electron chi connectivity index (χ0n) is 15.7.